The Morgan fingerprint density at radius 1 is 1.14 bits per heavy atom. The molecule has 0 bridgehead atoms. The molecule has 1 heteroatoms. The van der Waals surface area contributed by atoms with Crippen molar-refractivity contribution in [2.75, 3.05) is 0 Å². The zero-order valence-corrected chi connectivity index (χ0v) is 8.79. The second-order valence-electron chi connectivity index (χ2n) is 4.21. The molecule has 14 heavy (non-hydrogen) atoms. The van der Waals surface area contributed by atoms with Gasteiger partial charge in [0.15, 0.2) is 6.29 Å². The van der Waals surface area contributed by atoms with E-state index >= 15 is 0 Å². The minimum absolute atomic E-state index is 0.163. The largest absolute Gasteiger partial charge is 0.289 e. The van der Waals surface area contributed by atoms with Gasteiger partial charge >= 0.3 is 0 Å². The smallest absolute Gasteiger partial charge is 0.193 e. The van der Waals surface area contributed by atoms with Crippen molar-refractivity contribution < 1.29 is 4.79 Å². The lowest BCUT2D eigenvalue weighted by Crippen LogP contribution is -2.10. The van der Waals surface area contributed by atoms with Crippen LogP contribution in [-0.2, 0) is 10.2 Å². The molecule has 0 spiro atoms. The Labute approximate surface area is 85.1 Å². The molecule has 0 radical (unpaired) electrons. The van der Waals surface area contributed by atoms with E-state index in [1.165, 1.54) is 5.56 Å². The lowest BCUT2D eigenvalue weighted by molar-refractivity contribution is -0.103. The molecule has 0 atom stereocenters. The van der Waals surface area contributed by atoms with Gasteiger partial charge in [0.25, 0.3) is 0 Å². The van der Waals surface area contributed by atoms with Crippen LogP contribution in [0, 0.1) is 11.8 Å². The maximum atomic E-state index is 10.0. The first-order chi connectivity index (χ1) is 6.54. The molecule has 0 aromatic heterocycles. The molecule has 0 aliphatic rings. The molecule has 1 aromatic rings. The van der Waals surface area contributed by atoms with Gasteiger partial charge in [-0.2, -0.15) is 0 Å². The van der Waals surface area contributed by atoms with Gasteiger partial charge in [0.2, 0.25) is 0 Å². The van der Waals surface area contributed by atoms with Crippen LogP contribution < -0.4 is 0 Å². The molecule has 1 aromatic carbocycles. The summed E-state index contributed by atoms with van der Waals surface area (Å²) in [6.45, 7) is 6.50. The maximum Gasteiger partial charge on any atom is 0.193 e. The normalized spacial score (nSPS) is 10.2. The zero-order chi connectivity index (χ0) is 10.6. The molecular weight excluding hydrogens is 172 g/mol. The van der Waals surface area contributed by atoms with Gasteiger partial charge in [-0.05, 0) is 29.0 Å². The fraction of sp³-hybridized carbons (Fsp3) is 0.308. The minimum Gasteiger partial charge on any atom is -0.289 e. The van der Waals surface area contributed by atoms with Crippen LogP contribution in [0.15, 0.2) is 24.3 Å². The number of rotatable bonds is 0. The summed E-state index contributed by atoms with van der Waals surface area (Å²) in [6.07, 6.45) is 0.609. The van der Waals surface area contributed by atoms with Crippen LogP contribution >= 0.6 is 0 Å². The average Bonchev–Trinajstić information content (AvgIpc) is 2.14. The van der Waals surface area contributed by atoms with Gasteiger partial charge < -0.3 is 0 Å². The van der Waals surface area contributed by atoms with E-state index in [2.05, 4.69) is 44.7 Å². The first kappa shape index (κ1) is 10.5. The van der Waals surface area contributed by atoms with E-state index in [4.69, 9.17) is 0 Å². The number of benzene rings is 1. The van der Waals surface area contributed by atoms with Crippen molar-refractivity contribution in [1.82, 2.24) is 0 Å². The van der Waals surface area contributed by atoms with E-state index in [9.17, 15) is 4.79 Å². The Kier molecular flexibility index (Phi) is 3.09. The summed E-state index contributed by atoms with van der Waals surface area (Å²) in [5.74, 6) is 5.15. The molecule has 1 nitrogen and oxygen atoms in total. The highest BCUT2D eigenvalue weighted by Crippen LogP contribution is 2.21. The second-order valence-corrected chi connectivity index (χ2v) is 4.21. The Bertz CT molecular complexity index is 368. The van der Waals surface area contributed by atoms with E-state index in [0.717, 1.165) is 5.56 Å². The monoisotopic (exact) mass is 186 g/mol. The van der Waals surface area contributed by atoms with Crippen molar-refractivity contribution in [2.45, 2.75) is 26.2 Å². The Balaban J connectivity index is 2.95. The van der Waals surface area contributed by atoms with Crippen molar-refractivity contribution in [3.8, 4) is 11.8 Å². The standard InChI is InChI=1S/C13H14O/c1-13(2,3)12-8-6-11(7-9-12)5-4-10-14/h6-10H,1-3H3. The summed E-state index contributed by atoms with van der Waals surface area (Å²) in [6, 6.07) is 7.98. The third-order valence-corrected chi connectivity index (χ3v) is 2.03. The molecular formula is C13H14O. The average molecular weight is 186 g/mol. The molecule has 0 aliphatic carbocycles. The third kappa shape index (κ3) is 2.74. The van der Waals surface area contributed by atoms with Crippen LogP contribution in [0.4, 0.5) is 0 Å². The highest BCUT2D eigenvalue weighted by Gasteiger charge is 2.12. The van der Waals surface area contributed by atoms with Gasteiger partial charge in [0, 0.05) is 5.56 Å². The van der Waals surface area contributed by atoms with Crippen LogP contribution in [0.2, 0.25) is 0 Å². The van der Waals surface area contributed by atoms with Gasteiger partial charge in [0.1, 0.15) is 0 Å². The maximum absolute atomic E-state index is 10.0. The summed E-state index contributed by atoms with van der Waals surface area (Å²) in [5, 5.41) is 0. The zero-order valence-electron chi connectivity index (χ0n) is 8.79. The van der Waals surface area contributed by atoms with Crippen molar-refractivity contribution in [3.05, 3.63) is 35.4 Å². The molecule has 1 rings (SSSR count). The van der Waals surface area contributed by atoms with Crippen LogP contribution in [0.25, 0.3) is 0 Å². The second kappa shape index (κ2) is 4.11. The van der Waals surface area contributed by atoms with E-state index in [1.54, 1.807) is 0 Å². The number of carbonyl (C=O) groups is 1. The fourth-order valence-electron chi connectivity index (χ4n) is 1.17. The van der Waals surface area contributed by atoms with Crippen LogP contribution in [-0.4, -0.2) is 6.29 Å². The van der Waals surface area contributed by atoms with Gasteiger partial charge in [-0.15, -0.1) is 0 Å². The highest BCUT2D eigenvalue weighted by molar-refractivity contribution is 5.73. The molecule has 0 unspecified atom stereocenters. The fourth-order valence-corrected chi connectivity index (χ4v) is 1.17. The first-order valence-electron chi connectivity index (χ1n) is 4.60. The van der Waals surface area contributed by atoms with Crippen molar-refractivity contribution >= 4 is 6.29 Å². The van der Waals surface area contributed by atoms with E-state index in [-0.39, 0.29) is 5.41 Å². The predicted molar refractivity (Wildman–Crippen MR) is 58.1 cm³/mol. The summed E-state index contributed by atoms with van der Waals surface area (Å²) in [4.78, 5) is 10.0. The minimum atomic E-state index is 0.163. The van der Waals surface area contributed by atoms with Crippen molar-refractivity contribution in [1.29, 1.82) is 0 Å². The van der Waals surface area contributed by atoms with E-state index < -0.39 is 0 Å². The molecule has 0 heterocycles. The van der Waals surface area contributed by atoms with Crippen LogP contribution in [0.3, 0.4) is 0 Å². The third-order valence-electron chi connectivity index (χ3n) is 2.03. The number of aldehydes is 1. The molecule has 0 N–H and O–H groups in total. The molecule has 0 amide bonds. The van der Waals surface area contributed by atoms with E-state index in [0.29, 0.717) is 6.29 Å². The molecule has 72 valence electrons. The molecule has 0 fully saturated rings. The van der Waals surface area contributed by atoms with Gasteiger partial charge in [-0.3, -0.25) is 4.79 Å². The van der Waals surface area contributed by atoms with Gasteiger partial charge in [0.05, 0.1) is 0 Å². The lowest BCUT2D eigenvalue weighted by atomic mass is 9.87. The number of carbonyl (C=O) groups excluding carboxylic acids is 1. The van der Waals surface area contributed by atoms with E-state index in [1.807, 2.05) is 12.1 Å². The highest BCUT2D eigenvalue weighted by atomic mass is 16.1. The number of hydrogen-bond acceptors (Lipinski definition) is 1. The summed E-state index contributed by atoms with van der Waals surface area (Å²) < 4.78 is 0. The lowest BCUT2D eigenvalue weighted by Gasteiger charge is -2.18. The van der Waals surface area contributed by atoms with Crippen molar-refractivity contribution in [3.63, 3.8) is 0 Å². The first-order valence-corrected chi connectivity index (χ1v) is 4.60. The Morgan fingerprint density at radius 3 is 2.14 bits per heavy atom. The van der Waals surface area contributed by atoms with Crippen LogP contribution in [0.5, 0.6) is 0 Å². The Hall–Kier alpha value is -1.55. The summed E-state index contributed by atoms with van der Waals surface area (Å²) in [7, 11) is 0. The molecule has 0 aliphatic heterocycles. The van der Waals surface area contributed by atoms with Gasteiger partial charge in [-0.1, -0.05) is 38.8 Å². The summed E-state index contributed by atoms with van der Waals surface area (Å²) in [5.41, 5.74) is 2.32. The Morgan fingerprint density at radius 2 is 1.71 bits per heavy atom. The van der Waals surface area contributed by atoms with Gasteiger partial charge in [-0.25, -0.2) is 0 Å². The quantitative estimate of drug-likeness (QED) is 0.449. The van der Waals surface area contributed by atoms with Crippen LogP contribution in [0.1, 0.15) is 31.9 Å². The SMILES string of the molecule is CC(C)(C)c1ccc(C#CC=O)cc1. The summed E-state index contributed by atoms with van der Waals surface area (Å²) >= 11 is 0. The molecule has 0 saturated carbocycles. The number of hydrogen-bond donors (Lipinski definition) is 0. The topological polar surface area (TPSA) is 17.1 Å². The predicted octanol–water partition coefficient (Wildman–Crippen LogP) is 2.53. The molecule has 0 saturated heterocycles. The van der Waals surface area contributed by atoms with Crippen molar-refractivity contribution in [2.24, 2.45) is 0 Å².